The first-order valence-electron chi connectivity index (χ1n) is 8.99. The average molecular weight is 336 g/mol. The zero-order valence-corrected chi connectivity index (χ0v) is 15.3. The lowest BCUT2D eigenvalue weighted by atomic mass is 10.00. The second-order valence-corrected chi connectivity index (χ2v) is 6.63. The molecule has 0 amide bonds. The van der Waals surface area contributed by atoms with Gasteiger partial charge in [0.2, 0.25) is 0 Å². The summed E-state index contributed by atoms with van der Waals surface area (Å²) in [5, 5.41) is 8.97. The van der Waals surface area contributed by atoms with Gasteiger partial charge in [-0.1, -0.05) is 42.5 Å². The van der Waals surface area contributed by atoms with Crippen molar-refractivity contribution < 1.29 is 4.74 Å². The van der Waals surface area contributed by atoms with E-state index >= 15 is 0 Å². The van der Waals surface area contributed by atoms with Crippen molar-refractivity contribution in [3.8, 4) is 6.07 Å². The number of nitriles is 1. The van der Waals surface area contributed by atoms with Crippen LogP contribution in [0.4, 0.5) is 0 Å². The molecule has 2 aromatic rings. The number of aryl methyl sites for hydroxylation is 1. The van der Waals surface area contributed by atoms with Gasteiger partial charge in [0.25, 0.3) is 0 Å². The highest BCUT2D eigenvalue weighted by atomic mass is 16.5. The molecule has 0 bridgehead atoms. The van der Waals surface area contributed by atoms with Crippen LogP contribution in [0, 0.1) is 11.3 Å². The number of hydrogen-bond acceptors (Lipinski definition) is 3. The smallest absolute Gasteiger partial charge is 0.0991 e. The quantitative estimate of drug-likeness (QED) is 0.595. The van der Waals surface area contributed by atoms with E-state index in [9.17, 15) is 0 Å². The van der Waals surface area contributed by atoms with Crippen molar-refractivity contribution in [1.29, 1.82) is 5.26 Å². The second kappa shape index (κ2) is 10.7. The minimum absolute atomic E-state index is 0.0959. The Morgan fingerprint density at radius 3 is 2.36 bits per heavy atom. The first-order chi connectivity index (χ1) is 12.2. The molecule has 0 aliphatic heterocycles. The summed E-state index contributed by atoms with van der Waals surface area (Å²) in [4.78, 5) is 2.18. The van der Waals surface area contributed by atoms with Crippen LogP contribution in [0.2, 0.25) is 0 Å². The van der Waals surface area contributed by atoms with E-state index in [-0.39, 0.29) is 6.10 Å². The molecule has 3 nitrogen and oxygen atoms in total. The zero-order valence-electron chi connectivity index (χ0n) is 15.3. The van der Waals surface area contributed by atoms with Crippen LogP contribution >= 0.6 is 0 Å². The Balaban J connectivity index is 1.91. The van der Waals surface area contributed by atoms with Crippen molar-refractivity contribution in [1.82, 2.24) is 4.90 Å². The van der Waals surface area contributed by atoms with Gasteiger partial charge < -0.3 is 9.64 Å². The summed E-state index contributed by atoms with van der Waals surface area (Å²) in [6.45, 7) is 1.79. The van der Waals surface area contributed by atoms with Crippen molar-refractivity contribution in [2.45, 2.75) is 31.8 Å². The zero-order chi connectivity index (χ0) is 17.9. The van der Waals surface area contributed by atoms with Gasteiger partial charge in [0.1, 0.15) is 0 Å². The van der Waals surface area contributed by atoms with Gasteiger partial charge in [0.15, 0.2) is 0 Å². The Morgan fingerprint density at radius 2 is 1.72 bits per heavy atom. The topological polar surface area (TPSA) is 36.3 Å². The predicted octanol–water partition coefficient (Wildman–Crippen LogP) is 4.59. The molecule has 132 valence electrons. The molecule has 25 heavy (non-hydrogen) atoms. The molecule has 1 unspecified atom stereocenters. The first-order valence-corrected chi connectivity index (χ1v) is 8.99. The van der Waals surface area contributed by atoms with Crippen LogP contribution in [0.5, 0.6) is 0 Å². The maximum absolute atomic E-state index is 8.97. The van der Waals surface area contributed by atoms with E-state index in [0.717, 1.165) is 44.4 Å². The number of hydrogen-bond donors (Lipinski definition) is 0. The van der Waals surface area contributed by atoms with Gasteiger partial charge in [-0.2, -0.15) is 5.26 Å². The Kier molecular flexibility index (Phi) is 8.18. The van der Waals surface area contributed by atoms with E-state index < -0.39 is 0 Å². The Morgan fingerprint density at radius 1 is 1.00 bits per heavy atom. The summed E-state index contributed by atoms with van der Waals surface area (Å²) < 4.78 is 6.18. The lowest BCUT2D eigenvalue weighted by molar-refractivity contribution is 0.0410. The number of ether oxygens (including phenoxy) is 1. The Labute approximate surface area is 151 Å². The molecule has 0 aromatic heterocycles. The standard InChI is InChI=1S/C22H28N2O/c1-24(2)16-7-17-25-22(21-14-12-20(18-23)13-15-21)11-6-10-19-8-4-3-5-9-19/h3-5,8-9,12-15,22H,6-7,10-11,16-17H2,1-2H3. The second-order valence-electron chi connectivity index (χ2n) is 6.63. The molecule has 0 fully saturated rings. The molecule has 0 spiro atoms. The van der Waals surface area contributed by atoms with Crippen LogP contribution in [0.3, 0.4) is 0 Å². The van der Waals surface area contributed by atoms with Crippen LogP contribution < -0.4 is 0 Å². The molecule has 0 N–H and O–H groups in total. The molecule has 0 heterocycles. The fourth-order valence-electron chi connectivity index (χ4n) is 2.86. The molecule has 0 aliphatic carbocycles. The molecule has 0 saturated heterocycles. The molecular weight excluding hydrogens is 308 g/mol. The summed E-state index contributed by atoms with van der Waals surface area (Å²) in [5.74, 6) is 0. The summed E-state index contributed by atoms with van der Waals surface area (Å²) in [7, 11) is 4.16. The monoisotopic (exact) mass is 336 g/mol. The molecule has 0 saturated carbocycles. The molecular formula is C22H28N2O. The number of rotatable bonds is 10. The maximum Gasteiger partial charge on any atom is 0.0991 e. The van der Waals surface area contributed by atoms with E-state index in [0.29, 0.717) is 5.56 Å². The largest absolute Gasteiger partial charge is 0.373 e. The summed E-state index contributed by atoms with van der Waals surface area (Å²) in [6.07, 6.45) is 4.26. The van der Waals surface area contributed by atoms with Gasteiger partial charge in [-0.05, 0) is 69.6 Å². The minimum Gasteiger partial charge on any atom is -0.373 e. The normalized spacial score (nSPS) is 12.1. The van der Waals surface area contributed by atoms with Gasteiger partial charge in [-0.25, -0.2) is 0 Å². The van der Waals surface area contributed by atoms with Crippen molar-refractivity contribution in [3.05, 3.63) is 71.3 Å². The number of benzene rings is 2. The van der Waals surface area contributed by atoms with Crippen molar-refractivity contribution in [2.24, 2.45) is 0 Å². The van der Waals surface area contributed by atoms with E-state index in [4.69, 9.17) is 10.00 Å². The lowest BCUT2D eigenvalue weighted by Crippen LogP contribution is -2.16. The number of nitrogens with zero attached hydrogens (tertiary/aromatic N) is 2. The Hall–Kier alpha value is -2.15. The van der Waals surface area contributed by atoms with Gasteiger partial charge in [0, 0.05) is 6.61 Å². The van der Waals surface area contributed by atoms with E-state index in [1.807, 2.05) is 24.3 Å². The van der Waals surface area contributed by atoms with Gasteiger partial charge in [-0.15, -0.1) is 0 Å². The summed E-state index contributed by atoms with van der Waals surface area (Å²) in [6, 6.07) is 20.6. The van der Waals surface area contributed by atoms with Gasteiger partial charge in [-0.3, -0.25) is 0 Å². The van der Waals surface area contributed by atoms with Crippen molar-refractivity contribution >= 4 is 0 Å². The molecule has 0 radical (unpaired) electrons. The highest BCUT2D eigenvalue weighted by Gasteiger charge is 2.12. The van der Waals surface area contributed by atoms with E-state index in [2.05, 4.69) is 55.4 Å². The molecule has 3 heteroatoms. The van der Waals surface area contributed by atoms with Crippen LogP contribution in [-0.2, 0) is 11.2 Å². The first kappa shape index (κ1) is 19.2. The van der Waals surface area contributed by atoms with Crippen LogP contribution in [0.1, 0.15) is 42.1 Å². The SMILES string of the molecule is CN(C)CCCOC(CCCc1ccccc1)c1ccc(C#N)cc1. The van der Waals surface area contributed by atoms with Crippen LogP contribution in [0.15, 0.2) is 54.6 Å². The van der Waals surface area contributed by atoms with E-state index in [1.165, 1.54) is 5.56 Å². The predicted molar refractivity (Wildman–Crippen MR) is 102 cm³/mol. The Bertz CT molecular complexity index is 644. The summed E-state index contributed by atoms with van der Waals surface area (Å²) in [5.41, 5.74) is 3.23. The van der Waals surface area contributed by atoms with Crippen molar-refractivity contribution in [2.75, 3.05) is 27.2 Å². The molecule has 2 rings (SSSR count). The third kappa shape index (κ3) is 7.09. The summed E-state index contributed by atoms with van der Waals surface area (Å²) >= 11 is 0. The maximum atomic E-state index is 8.97. The van der Waals surface area contributed by atoms with Crippen LogP contribution in [0.25, 0.3) is 0 Å². The third-order valence-corrected chi connectivity index (χ3v) is 4.25. The average Bonchev–Trinajstić information content (AvgIpc) is 2.64. The van der Waals surface area contributed by atoms with Crippen molar-refractivity contribution in [3.63, 3.8) is 0 Å². The molecule has 1 atom stereocenters. The van der Waals surface area contributed by atoms with Crippen LogP contribution in [-0.4, -0.2) is 32.1 Å². The lowest BCUT2D eigenvalue weighted by Gasteiger charge is -2.19. The highest BCUT2D eigenvalue weighted by molar-refractivity contribution is 5.32. The molecule has 0 aliphatic rings. The minimum atomic E-state index is 0.0959. The highest BCUT2D eigenvalue weighted by Crippen LogP contribution is 2.24. The van der Waals surface area contributed by atoms with Gasteiger partial charge >= 0.3 is 0 Å². The third-order valence-electron chi connectivity index (χ3n) is 4.25. The fourth-order valence-corrected chi connectivity index (χ4v) is 2.86. The van der Waals surface area contributed by atoms with E-state index in [1.54, 1.807) is 0 Å². The molecule has 2 aromatic carbocycles. The fraction of sp³-hybridized carbons (Fsp3) is 0.409. The van der Waals surface area contributed by atoms with Gasteiger partial charge in [0.05, 0.1) is 17.7 Å².